The summed E-state index contributed by atoms with van der Waals surface area (Å²) < 4.78 is 5.33. The molecule has 0 spiro atoms. The molecule has 286 valence electrons. The van der Waals surface area contributed by atoms with Crippen LogP contribution in [0.15, 0.2) is 54.6 Å². The first-order valence-corrected chi connectivity index (χ1v) is 17.3. The fourth-order valence-electron chi connectivity index (χ4n) is 5.93. The minimum Gasteiger partial charge on any atom is -0.395 e. The van der Waals surface area contributed by atoms with Gasteiger partial charge in [0.2, 0.25) is 17.7 Å². The van der Waals surface area contributed by atoms with Crippen LogP contribution in [0, 0.1) is 0 Å². The summed E-state index contributed by atoms with van der Waals surface area (Å²) in [5, 5.41) is 48.8. The third-order valence-electron chi connectivity index (χ3n) is 8.25. The molecule has 1 aliphatic heterocycles. The van der Waals surface area contributed by atoms with Gasteiger partial charge >= 0.3 is 0 Å². The van der Waals surface area contributed by atoms with Gasteiger partial charge in [0.25, 0.3) is 11.8 Å². The normalized spacial score (nSPS) is 12.1. The highest BCUT2D eigenvalue weighted by Gasteiger charge is 2.34. The molecular weight excluding hydrogens is 690 g/mol. The molecule has 8 N–H and O–H groups in total. The van der Waals surface area contributed by atoms with Crippen LogP contribution < -0.4 is 31.1 Å². The summed E-state index contributed by atoms with van der Waals surface area (Å²) in [5.74, 6) is -2.46. The molecule has 0 saturated heterocycles. The zero-order valence-corrected chi connectivity index (χ0v) is 29.4. The largest absolute Gasteiger partial charge is 0.395 e. The van der Waals surface area contributed by atoms with E-state index in [0.717, 1.165) is 4.90 Å². The maximum absolute atomic E-state index is 13.9. The van der Waals surface area contributed by atoms with Crippen molar-refractivity contribution in [1.82, 2.24) is 20.9 Å². The number of hydrogen-bond acceptors (Lipinski definition) is 13. The van der Waals surface area contributed by atoms with Crippen LogP contribution in [0.4, 0.5) is 17.1 Å². The third kappa shape index (κ3) is 10.8. The number of anilines is 3. The Kier molecular flexibility index (Phi) is 15.8. The van der Waals surface area contributed by atoms with Gasteiger partial charge in [0, 0.05) is 66.9 Å². The maximum atomic E-state index is 13.9. The van der Waals surface area contributed by atoms with Crippen LogP contribution >= 0.6 is 0 Å². The Morgan fingerprint density at radius 1 is 0.623 bits per heavy atom. The SMILES string of the molecule is O=C(CN(CCN1C(=O)c2cccc3c(NCCOCCO)ccc(c23)C1=O)c1ccccc1N(CC(=O)NCCO)CC(=O)NCCO)NCCO. The molecule has 5 amide bonds. The van der Waals surface area contributed by atoms with E-state index in [4.69, 9.17) is 9.84 Å². The molecule has 0 aliphatic carbocycles. The average Bonchev–Trinajstić information content (AvgIpc) is 3.16. The lowest BCUT2D eigenvalue weighted by molar-refractivity contribution is -0.121. The van der Waals surface area contributed by atoms with E-state index < -0.39 is 29.5 Å². The summed E-state index contributed by atoms with van der Waals surface area (Å²) in [6, 6.07) is 15.3. The van der Waals surface area contributed by atoms with E-state index in [1.165, 1.54) is 4.90 Å². The predicted molar refractivity (Wildman–Crippen MR) is 197 cm³/mol. The van der Waals surface area contributed by atoms with Crippen LogP contribution in [0.3, 0.4) is 0 Å². The second-order valence-corrected chi connectivity index (χ2v) is 11.9. The van der Waals surface area contributed by atoms with Gasteiger partial charge in [0.1, 0.15) is 0 Å². The molecule has 3 aromatic carbocycles. The Balaban J connectivity index is 1.64. The molecular formula is C36H47N7O10. The van der Waals surface area contributed by atoms with Crippen molar-refractivity contribution in [3.63, 3.8) is 0 Å². The number of imide groups is 1. The minimum atomic E-state index is -0.516. The van der Waals surface area contributed by atoms with E-state index in [1.54, 1.807) is 53.4 Å². The van der Waals surface area contributed by atoms with Gasteiger partial charge in [0.15, 0.2) is 0 Å². The van der Waals surface area contributed by atoms with Crippen LogP contribution in [0.25, 0.3) is 10.8 Å². The van der Waals surface area contributed by atoms with E-state index in [9.17, 15) is 39.3 Å². The second-order valence-electron chi connectivity index (χ2n) is 11.9. The summed E-state index contributed by atoms with van der Waals surface area (Å²) in [6.45, 7) is -1.01. The van der Waals surface area contributed by atoms with Crippen molar-refractivity contribution < 1.29 is 49.1 Å². The predicted octanol–water partition coefficient (Wildman–Crippen LogP) is -1.50. The molecule has 0 unspecified atom stereocenters. The monoisotopic (exact) mass is 737 g/mol. The van der Waals surface area contributed by atoms with E-state index >= 15 is 0 Å². The maximum Gasteiger partial charge on any atom is 0.261 e. The highest BCUT2D eigenvalue weighted by molar-refractivity contribution is 6.26. The summed E-state index contributed by atoms with van der Waals surface area (Å²) in [7, 11) is 0. The fourth-order valence-corrected chi connectivity index (χ4v) is 5.93. The number of carbonyl (C=O) groups excluding carboxylic acids is 5. The number of hydrogen-bond donors (Lipinski definition) is 8. The Labute approximate surface area is 306 Å². The molecule has 1 aliphatic rings. The molecule has 0 fully saturated rings. The Morgan fingerprint density at radius 2 is 1.17 bits per heavy atom. The number of ether oxygens (including phenoxy) is 1. The molecule has 4 rings (SSSR count). The summed E-state index contributed by atoms with van der Waals surface area (Å²) in [4.78, 5) is 70.8. The number of para-hydroxylation sites is 2. The molecule has 0 atom stereocenters. The summed E-state index contributed by atoms with van der Waals surface area (Å²) in [5.41, 5.74) is 2.17. The van der Waals surface area contributed by atoms with Gasteiger partial charge in [-0.1, -0.05) is 24.3 Å². The number of carbonyl (C=O) groups is 5. The molecule has 17 nitrogen and oxygen atoms in total. The van der Waals surface area contributed by atoms with Crippen molar-refractivity contribution >= 4 is 57.4 Å². The number of aliphatic hydroxyl groups is 4. The lowest BCUT2D eigenvalue weighted by Gasteiger charge is -2.34. The van der Waals surface area contributed by atoms with Crippen molar-refractivity contribution in [1.29, 1.82) is 0 Å². The third-order valence-corrected chi connectivity index (χ3v) is 8.25. The molecule has 0 aromatic heterocycles. The zero-order valence-electron chi connectivity index (χ0n) is 29.4. The Bertz CT molecular complexity index is 1700. The zero-order chi connectivity index (χ0) is 38.2. The van der Waals surface area contributed by atoms with Crippen molar-refractivity contribution in [2.75, 3.05) is 114 Å². The molecule has 0 bridgehead atoms. The van der Waals surface area contributed by atoms with Crippen molar-refractivity contribution in [2.24, 2.45) is 0 Å². The van der Waals surface area contributed by atoms with Crippen LogP contribution in [-0.4, -0.2) is 153 Å². The van der Waals surface area contributed by atoms with Crippen LogP contribution in [0.1, 0.15) is 20.7 Å². The standard InChI is InChI=1S/C36H47N7O10/c44-16-10-38-31(48)22-41(29-6-1-2-7-30(29)42(23-32(49)39-11-17-45)24-33(50)40-12-18-46)14-15-43-35(51)26-5-3-4-25-28(37-13-20-53-21-19-47)9-8-27(34(25)26)36(43)52/h1-9,37,44-47H,10-24H2,(H,38,48)(H,39,49)(H,40,50). The first kappa shape index (κ1) is 40.4. The number of rotatable bonds is 23. The fraction of sp³-hybridized carbons (Fsp3) is 0.417. The highest BCUT2D eigenvalue weighted by Crippen LogP contribution is 2.35. The summed E-state index contributed by atoms with van der Waals surface area (Å²) in [6.07, 6.45) is 0. The smallest absolute Gasteiger partial charge is 0.261 e. The lowest BCUT2D eigenvalue weighted by atomic mass is 9.93. The van der Waals surface area contributed by atoms with Crippen LogP contribution in [0.5, 0.6) is 0 Å². The van der Waals surface area contributed by atoms with Gasteiger partial charge in [-0.3, -0.25) is 28.9 Å². The molecule has 3 aromatic rings. The number of amides is 5. The number of aliphatic hydroxyl groups excluding tert-OH is 4. The van der Waals surface area contributed by atoms with Gasteiger partial charge in [-0.15, -0.1) is 0 Å². The average molecular weight is 738 g/mol. The number of benzene rings is 3. The first-order chi connectivity index (χ1) is 25.7. The Morgan fingerprint density at radius 3 is 1.74 bits per heavy atom. The minimum absolute atomic E-state index is 0.00483. The van der Waals surface area contributed by atoms with E-state index in [-0.39, 0.29) is 85.4 Å². The van der Waals surface area contributed by atoms with Gasteiger partial charge in [-0.05, 0) is 30.3 Å². The molecule has 1 heterocycles. The Hall–Kier alpha value is -5.33. The number of nitrogens with zero attached hydrogens (tertiary/aromatic N) is 3. The number of nitrogens with one attached hydrogen (secondary N) is 4. The van der Waals surface area contributed by atoms with Gasteiger partial charge in [-0.25, -0.2) is 0 Å². The molecule has 0 radical (unpaired) electrons. The molecule has 17 heteroatoms. The summed E-state index contributed by atoms with van der Waals surface area (Å²) >= 11 is 0. The van der Waals surface area contributed by atoms with Crippen molar-refractivity contribution in [3.8, 4) is 0 Å². The van der Waals surface area contributed by atoms with E-state index in [2.05, 4.69) is 21.3 Å². The van der Waals surface area contributed by atoms with Gasteiger partial charge in [0.05, 0.1) is 70.7 Å². The topological polar surface area (TPSA) is 233 Å². The van der Waals surface area contributed by atoms with Gasteiger partial charge in [-0.2, -0.15) is 0 Å². The van der Waals surface area contributed by atoms with Crippen LogP contribution in [-0.2, 0) is 19.1 Å². The van der Waals surface area contributed by atoms with E-state index in [0.29, 0.717) is 52.1 Å². The quantitative estimate of drug-likeness (QED) is 0.0409. The van der Waals surface area contributed by atoms with Crippen molar-refractivity contribution in [2.45, 2.75) is 0 Å². The second kappa shape index (κ2) is 20.6. The molecule has 53 heavy (non-hydrogen) atoms. The first-order valence-electron chi connectivity index (χ1n) is 17.3. The van der Waals surface area contributed by atoms with Crippen LogP contribution in [0.2, 0.25) is 0 Å². The highest BCUT2D eigenvalue weighted by atomic mass is 16.5. The molecule has 0 saturated carbocycles. The lowest BCUT2D eigenvalue weighted by Crippen LogP contribution is -2.48. The van der Waals surface area contributed by atoms with Crippen molar-refractivity contribution in [3.05, 3.63) is 65.7 Å². The van der Waals surface area contributed by atoms with E-state index in [1.807, 2.05) is 6.07 Å². The van der Waals surface area contributed by atoms with Gasteiger partial charge < -0.3 is 56.2 Å².